The maximum atomic E-state index is 5.83. The average Bonchev–Trinajstić information content (AvgIpc) is 2.79. The molecule has 0 amide bonds. The first-order valence-electron chi connectivity index (χ1n) is 6.03. The molecule has 0 saturated carbocycles. The van der Waals surface area contributed by atoms with Gasteiger partial charge in [-0.15, -0.1) is 0 Å². The van der Waals surface area contributed by atoms with Crippen LogP contribution in [0.4, 0.5) is 5.82 Å². The predicted octanol–water partition coefficient (Wildman–Crippen LogP) is 3.64. The smallest absolute Gasteiger partial charge is 0.172 e. The number of nitrogens with zero attached hydrogens (tertiary/aromatic N) is 1. The summed E-state index contributed by atoms with van der Waals surface area (Å²) >= 11 is 0. The van der Waals surface area contributed by atoms with E-state index < -0.39 is 0 Å². The van der Waals surface area contributed by atoms with Crippen molar-refractivity contribution in [3.63, 3.8) is 0 Å². The zero-order chi connectivity index (χ0) is 12.5. The molecule has 1 heterocycles. The van der Waals surface area contributed by atoms with Gasteiger partial charge < -0.3 is 10.3 Å². The summed E-state index contributed by atoms with van der Waals surface area (Å²) < 4.78 is 5.41. The van der Waals surface area contributed by atoms with Gasteiger partial charge in [-0.1, -0.05) is 54.5 Å². The van der Waals surface area contributed by atoms with Gasteiger partial charge in [0.25, 0.3) is 0 Å². The van der Waals surface area contributed by atoms with Crippen LogP contribution < -0.4 is 5.73 Å². The number of fused-ring (bicyclic) bond motifs is 1. The highest BCUT2D eigenvalue weighted by Gasteiger charge is 2.15. The van der Waals surface area contributed by atoms with Crippen LogP contribution in [0.1, 0.15) is 12.5 Å². The molecule has 2 aromatic carbocycles. The van der Waals surface area contributed by atoms with Gasteiger partial charge in [0.15, 0.2) is 11.6 Å². The highest BCUT2D eigenvalue weighted by Crippen LogP contribution is 2.33. The van der Waals surface area contributed by atoms with Crippen LogP contribution in [0.5, 0.6) is 0 Å². The van der Waals surface area contributed by atoms with Crippen LogP contribution in [-0.4, -0.2) is 5.16 Å². The van der Waals surface area contributed by atoms with Crippen LogP contribution in [0.15, 0.2) is 47.0 Å². The number of hydrogen-bond acceptors (Lipinski definition) is 3. The maximum Gasteiger partial charge on any atom is 0.172 e. The Balaban J connectivity index is 2.31. The lowest BCUT2D eigenvalue weighted by atomic mass is 10.00. The Bertz CT molecular complexity index is 695. The van der Waals surface area contributed by atoms with Gasteiger partial charge in [-0.2, -0.15) is 0 Å². The van der Waals surface area contributed by atoms with E-state index in [0.29, 0.717) is 5.82 Å². The third-order valence-electron chi connectivity index (χ3n) is 3.21. The standard InChI is InChI=1S/C15H14N2O/c1-2-11-14(18-17-15(11)16)13-9-5-7-10-6-3-4-8-12(10)13/h3-9H,2H2,1H3,(H2,16,17). The van der Waals surface area contributed by atoms with E-state index in [2.05, 4.69) is 30.3 Å². The third kappa shape index (κ3) is 1.56. The highest BCUT2D eigenvalue weighted by atomic mass is 16.5. The van der Waals surface area contributed by atoms with Gasteiger partial charge in [0, 0.05) is 11.1 Å². The van der Waals surface area contributed by atoms with Crippen molar-refractivity contribution in [1.82, 2.24) is 5.16 Å². The first kappa shape index (κ1) is 10.8. The van der Waals surface area contributed by atoms with Crippen LogP contribution in [-0.2, 0) is 6.42 Å². The summed E-state index contributed by atoms with van der Waals surface area (Å²) in [7, 11) is 0. The van der Waals surface area contributed by atoms with Crippen molar-refractivity contribution < 1.29 is 4.52 Å². The van der Waals surface area contributed by atoms with Gasteiger partial charge in [-0.25, -0.2) is 0 Å². The normalized spacial score (nSPS) is 10.9. The van der Waals surface area contributed by atoms with Crippen molar-refractivity contribution in [1.29, 1.82) is 0 Å². The molecule has 18 heavy (non-hydrogen) atoms. The minimum absolute atomic E-state index is 0.487. The molecule has 3 heteroatoms. The number of rotatable bonds is 2. The van der Waals surface area contributed by atoms with E-state index in [9.17, 15) is 0 Å². The van der Waals surface area contributed by atoms with Crippen molar-refractivity contribution in [3.05, 3.63) is 48.0 Å². The highest BCUT2D eigenvalue weighted by molar-refractivity contribution is 5.96. The van der Waals surface area contributed by atoms with Crippen LogP contribution in [0.3, 0.4) is 0 Å². The molecule has 0 radical (unpaired) electrons. The van der Waals surface area contributed by atoms with Crippen molar-refractivity contribution in [2.75, 3.05) is 5.73 Å². The molecule has 0 aliphatic rings. The molecule has 3 rings (SSSR count). The molecule has 0 fully saturated rings. The molecule has 0 atom stereocenters. The summed E-state index contributed by atoms with van der Waals surface area (Å²) in [6, 6.07) is 14.4. The monoisotopic (exact) mass is 238 g/mol. The van der Waals surface area contributed by atoms with Crippen LogP contribution in [0.25, 0.3) is 22.1 Å². The lowest BCUT2D eigenvalue weighted by Gasteiger charge is -2.04. The zero-order valence-corrected chi connectivity index (χ0v) is 10.2. The Hall–Kier alpha value is -2.29. The fraction of sp³-hybridized carbons (Fsp3) is 0.133. The van der Waals surface area contributed by atoms with Gasteiger partial charge >= 0.3 is 0 Å². The van der Waals surface area contributed by atoms with E-state index in [1.165, 1.54) is 5.39 Å². The summed E-state index contributed by atoms with van der Waals surface area (Å²) in [5, 5.41) is 6.22. The summed E-state index contributed by atoms with van der Waals surface area (Å²) in [6.45, 7) is 2.05. The summed E-state index contributed by atoms with van der Waals surface area (Å²) in [6.07, 6.45) is 0.813. The molecule has 0 bridgehead atoms. The van der Waals surface area contributed by atoms with Gasteiger partial charge in [0.2, 0.25) is 0 Å². The van der Waals surface area contributed by atoms with Gasteiger partial charge in [-0.3, -0.25) is 0 Å². The molecule has 3 nitrogen and oxygen atoms in total. The van der Waals surface area contributed by atoms with Crippen LogP contribution >= 0.6 is 0 Å². The molecule has 0 unspecified atom stereocenters. The number of benzene rings is 2. The lowest BCUT2D eigenvalue weighted by Crippen LogP contribution is -1.91. The van der Waals surface area contributed by atoms with Gasteiger partial charge in [0.05, 0.1) is 0 Å². The Morgan fingerprint density at radius 1 is 1.11 bits per heavy atom. The van der Waals surface area contributed by atoms with E-state index in [4.69, 9.17) is 10.3 Å². The molecule has 1 aromatic heterocycles. The number of hydrogen-bond donors (Lipinski definition) is 1. The summed E-state index contributed by atoms with van der Waals surface area (Å²) in [5.41, 5.74) is 7.86. The Morgan fingerprint density at radius 2 is 1.89 bits per heavy atom. The fourth-order valence-electron chi connectivity index (χ4n) is 2.30. The first-order valence-corrected chi connectivity index (χ1v) is 6.03. The first-order chi connectivity index (χ1) is 8.81. The maximum absolute atomic E-state index is 5.83. The topological polar surface area (TPSA) is 52.0 Å². The molecule has 0 aliphatic heterocycles. The minimum Gasteiger partial charge on any atom is -0.381 e. The number of aromatic nitrogens is 1. The minimum atomic E-state index is 0.487. The van der Waals surface area contributed by atoms with E-state index in [0.717, 1.165) is 28.7 Å². The van der Waals surface area contributed by atoms with E-state index in [1.54, 1.807) is 0 Å². The average molecular weight is 238 g/mol. The second-order valence-corrected chi connectivity index (χ2v) is 4.26. The van der Waals surface area contributed by atoms with Crippen LogP contribution in [0, 0.1) is 0 Å². The fourth-order valence-corrected chi connectivity index (χ4v) is 2.30. The molecule has 90 valence electrons. The second kappa shape index (κ2) is 4.18. The second-order valence-electron chi connectivity index (χ2n) is 4.26. The third-order valence-corrected chi connectivity index (χ3v) is 3.21. The van der Waals surface area contributed by atoms with Crippen molar-refractivity contribution in [2.24, 2.45) is 0 Å². The zero-order valence-electron chi connectivity index (χ0n) is 10.2. The van der Waals surface area contributed by atoms with E-state index in [1.807, 2.05) is 24.3 Å². The molecule has 2 N–H and O–H groups in total. The molecular weight excluding hydrogens is 224 g/mol. The quantitative estimate of drug-likeness (QED) is 0.741. The lowest BCUT2D eigenvalue weighted by molar-refractivity contribution is 0.435. The summed E-state index contributed by atoms with van der Waals surface area (Å²) in [5.74, 6) is 1.27. The largest absolute Gasteiger partial charge is 0.381 e. The van der Waals surface area contributed by atoms with E-state index in [-0.39, 0.29) is 0 Å². The molecule has 0 saturated heterocycles. The molecular formula is C15H14N2O. The summed E-state index contributed by atoms with van der Waals surface area (Å²) in [4.78, 5) is 0. The van der Waals surface area contributed by atoms with Gasteiger partial charge in [0.1, 0.15) is 0 Å². The van der Waals surface area contributed by atoms with Crippen molar-refractivity contribution >= 4 is 16.6 Å². The number of nitrogen functional groups attached to an aromatic ring is 1. The van der Waals surface area contributed by atoms with Crippen molar-refractivity contribution in [2.45, 2.75) is 13.3 Å². The predicted molar refractivity (Wildman–Crippen MR) is 73.2 cm³/mol. The van der Waals surface area contributed by atoms with Gasteiger partial charge in [-0.05, 0) is 17.2 Å². The SMILES string of the molecule is CCc1c(N)noc1-c1cccc2ccccc12. The van der Waals surface area contributed by atoms with Crippen molar-refractivity contribution in [3.8, 4) is 11.3 Å². The Labute approximate surface area is 105 Å². The number of anilines is 1. The number of nitrogens with two attached hydrogens (primary N) is 1. The van der Waals surface area contributed by atoms with Crippen LogP contribution in [0.2, 0.25) is 0 Å². The molecule has 3 aromatic rings. The molecule has 0 spiro atoms. The Morgan fingerprint density at radius 3 is 2.72 bits per heavy atom. The van der Waals surface area contributed by atoms with E-state index >= 15 is 0 Å². The Kier molecular flexibility index (Phi) is 2.52. The molecule has 0 aliphatic carbocycles.